The van der Waals surface area contributed by atoms with Gasteiger partial charge in [0, 0.05) is 13.6 Å². The van der Waals surface area contributed by atoms with E-state index in [1.807, 2.05) is 55.8 Å². The Bertz CT molecular complexity index is 1370. The van der Waals surface area contributed by atoms with E-state index in [-0.39, 0.29) is 11.5 Å². The third-order valence-electron chi connectivity index (χ3n) is 5.80. The van der Waals surface area contributed by atoms with Crippen LogP contribution >= 0.6 is 0 Å². The van der Waals surface area contributed by atoms with Crippen molar-refractivity contribution >= 4 is 23.1 Å². The van der Waals surface area contributed by atoms with Gasteiger partial charge in [0.15, 0.2) is 23.4 Å². The molecule has 0 unspecified atom stereocenters. The predicted octanol–water partition coefficient (Wildman–Crippen LogP) is 2.97. The zero-order chi connectivity index (χ0) is 21.9. The second kappa shape index (κ2) is 6.97. The van der Waals surface area contributed by atoms with Gasteiger partial charge in [-0.3, -0.25) is 9.36 Å². The lowest BCUT2D eigenvalue weighted by Crippen LogP contribution is -2.27. The van der Waals surface area contributed by atoms with Gasteiger partial charge in [0.25, 0.3) is 5.56 Å². The zero-order valence-electron chi connectivity index (χ0n) is 17.8. The number of carbonyl (C=O) groups is 1. The molecular formula is C22H23N5O4. The van der Waals surface area contributed by atoms with Crippen LogP contribution in [0.3, 0.4) is 0 Å². The number of nitrogens with zero attached hydrogens (tertiary/aromatic N) is 5. The van der Waals surface area contributed by atoms with Crippen LogP contribution in [0.5, 0.6) is 0 Å². The number of ether oxygens (including phenoxy) is 2. The highest BCUT2D eigenvalue weighted by Gasteiger charge is 2.43. The lowest BCUT2D eigenvalue weighted by Gasteiger charge is -2.19. The third-order valence-corrected chi connectivity index (χ3v) is 5.80. The van der Waals surface area contributed by atoms with E-state index in [0.29, 0.717) is 34.9 Å². The highest BCUT2D eigenvalue weighted by atomic mass is 16.8. The average molecular weight is 421 g/mol. The fraction of sp³-hybridized carbons (Fsp3) is 0.364. The van der Waals surface area contributed by atoms with Crippen molar-refractivity contribution in [3.63, 3.8) is 0 Å². The summed E-state index contributed by atoms with van der Waals surface area (Å²) < 4.78 is 16.0. The Kier molecular flexibility index (Phi) is 4.35. The minimum atomic E-state index is -0.731. The molecule has 4 aromatic rings. The second-order valence-corrected chi connectivity index (χ2v) is 8.23. The molecule has 1 aliphatic heterocycles. The summed E-state index contributed by atoms with van der Waals surface area (Å²) in [5, 5.41) is 0. The van der Waals surface area contributed by atoms with Crippen molar-refractivity contribution in [3.05, 3.63) is 64.0 Å². The Balaban J connectivity index is 1.75. The monoisotopic (exact) mass is 421 g/mol. The smallest absolute Gasteiger partial charge is 0.426 e. The molecule has 0 bridgehead atoms. The van der Waals surface area contributed by atoms with E-state index in [1.54, 1.807) is 17.8 Å². The summed E-state index contributed by atoms with van der Waals surface area (Å²) in [7, 11) is 1.82. The number of carbonyl (C=O) groups excluding carboxylic acids is 1. The molecule has 0 amide bonds. The molecule has 1 fully saturated rings. The largest absolute Gasteiger partial charge is 0.509 e. The van der Waals surface area contributed by atoms with Crippen LogP contribution in [0.1, 0.15) is 36.9 Å². The van der Waals surface area contributed by atoms with E-state index < -0.39 is 18.4 Å². The first kappa shape index (κ1) is 19.3. The molecule has 1 aliphatic rings. The van der Waals surface area contributed by atoms with Gasteiger partial charge in [-0.1, -0.05) is 44.2 Å². The van der Waals surface area contributed by atoms with Gasteiger partial charge in [-0.05, 0) is 18.4 Å². The molecular weight excluding hydrogens is 398 g/mol. The van der Waals surface area contributed by atoms with Crippen LogP contribution in [-0.2, 0) is 23.1 Å². The Hall–Kier alpha value is -3.62. The molecule has 4 heterocycles. The van der Waals surface area contributed by atoms with Gasteiger partial charge in [-0.2, -0.15) is 0 Å². The summed E-state index contributed by atoms with van der Waals surface area (Å²) in [6, 6.07) is 9.88. The maximum absolute atomic E-state index is 13.7. The van der Waals surface area contributed by atoms with Gasteiger partial charge in [-0.15, -0.1) is 0 Å². The molecule has 9 heteroatoms. The summed E-state index contributed by atoms with van der Waals surface area (Å²) in [6.45, 7) is 6.21. The first-order valence-electron chi connectivity index (χ1n) is 10.2. The Morgan fingerprint density at radius 2 is 1.87 bits per heavy atom. The lowest BCUT2D eigenvalue weighted by atomic mass is 9.99. The van der Waals surface area contributed by atoms with E-state index in [2.05, 4.69) is 9.97 Å². The van der Waals surface area contributed by atoms with E-state index in [0.717, 1.165) is 5.56 Å². The van der Waals surface area contributed by atoms with Crippen LogP contribution in [0.25, 0.3) is 16.9 Å². The van der Waals surface area contributed by atoms with Crippen molar-refractivity contribution in [2.24, 2.45) is 13.0 Å². The van der Waals surface area contributed by atoms with Gasteiger partial charge in [0.2, 0.25) is 5.78 Å². The maximum atomic E-state index is 13.7. The molecule has 0 N–H and O–H groups in total. The van der Waals surface area contributed by atoms with Gasteiger partial charge >= 0.3 is 6.16 Å². The number of benzene rings is 1. The van der Waals surface area contributed by atoms with Crippen LogP contribution in [0.4, 0.5) is 4.79 Å². The summed E-state index contributed by atoms with van der Waals surface area (Å²) in [5.74, 6) is 0.456. The predicted molar refractivity (Wildman–Crippen MR) is 113 cm³/mol. The van der Waals surface area contributed by atoms with Crippen molar-refractivity contribution in [2.45, 2.75) is 39.5 Å². The summed E-state index contributed by atoms with van der Waals surface area (Å²) in [6.07, 6.45) is -0.273. The molecule has 0 spiro atoms. The molecule has 160 valence electrons. The van der Waals surface area contributed by atoms with Gasteiger partial charge in [0.05, 0.1) is 17.7 Å². The number of hydrogen-bond donors (Lipinski definition) is 0. The highest BCUT2D eigenvalue weighted by Crippen LogP contribution is 2.36. The Morgan fingerprint density at radius 3 is 2.58 bits per heavy atom. The second-order valence-electron chi connectivity index (χ2n) is 8.23. The molecule has 9 nitrogen and oxygen atoms in total. The zero-order valence-corrected chi connectivity index (χ0v) is 17.8. The fourth-order valence-corrected chi connectivity index (χ4v) is 4.29. The highest BCUT2D eigenvalue weighted by molar-refractivity contribution is 5.73. The van der Waals surface area contributed by atoms with Crippen molar-refractivity contribution in [1.82, 2.24) is 23.5 Å². The van der Waals surface area contributed by atoms with E-state index in [4.69, 9.17) is 9.47 Å². The van der Waals surface area contributed by atoms with Crippen molar-refractivity contribution in [1.29, 1.82) is 0 Å². The third kappa shape index (κ3) is 2.91. The summed E-state index contributed by atoms with van der Waals surface area (Å²) in [5.41, 5.74) is 2.97. The van der Waals surface area contributed by atoms with E-state index in [1.165, 1.54) is 4.40 Å². The number of aromatic nitrogens is 5. The molecule has 1 aromatic carbocycles. The maximum Gasteiger partial charge on any atom is 0.509 e. The molecule has 0 saturated carbocycles. The minimum Gasteiger partial charge on any atom is -0.426 e. The Labute approximate surface area is 177 Å². The number of aryl methyl sites for hydroxylation is 2. The number of imidazole rings is 2. The molecule has 0 aliphatic carbocycles. The van der Waals surface area contributed by atoms with Crippen LogP contribution in [0, 0.1) is 12.8 Å². The number of rotatable bonds is 4. The first-order chi connectivity index (χ1) is 14.9. The summed E-state index contributed by atoms with van der Waals surface area (Å²) in [4.78, 5) is 34.7. The number of cyclic esters (lactones) is 2. The number of fused-ring (bicyclic) bond motifs is 2. The summed E-state index contributed by atoms with van der Waals surface area (Å²) >= 11 is 0. The van der Waals surface area contributed by atoms with Crippen molar-refractivity contribution in [2.75, 3.05) is 0 Å². The van der Waals surface area contributed by atoms with Crippen molar-refractivity contribution in [3.8, 4) is 0 Å². The van der Waals surface area contributed by atoms with Crippen LogP contribution in [0.15, 0.2) is 41.5 Å². The molecule has 31 heavy (non-hydrogen) atoms. The van der Waals surface area contributed by atoms with E-state index >= 15 is 0 Å². The SMILES string of the molecule is Cc1nc2n(C)c3ncn(Cc4ccccc4)c3c(=O)n2c1[C@@H]1OC(=O)O[C@H]1C(C)C. The van der Waals surface area contributed by atoms with Crippen molar-refractivity contribution < 1.29 is 14.3 Å². The molecule has 0 radical (unpaired) electrons. The standard InChI is InChI=1S/C22H23N5O4/c1-12(2)17-18(31-22(29)30-17)15-13(3)24-21-25(4)19-16(20(28)27(15)21)26(11-23-19)10-14-8-6-5-7-9-14/h5-9,11-12,17-18H,10H2,1-4H3/t17-,18-/m0/s1. The van der Waals surface area contributed by atoms with Crippen LogP contribution in [-0.4, -0.2) is 35.8 Å². The van der Waals surface area contributed by atoms with Crippen LogP contribution < -0.4 is 5.56 Å². The molecule has 5 rings (SSSR count). The van der Waals surface area contributed by atoms with E-state index in [9.17, 15) is 9.59 Å². The molecule has 3 aromatic heterocycles. The van der Waals surface area contributed by atoms with Gasteiger partial charge in [0.1, 0.15) is 0 Å². The normalized spacial score (nSPS) is 18.8. The van der Waals surface area contributed by atoms with Gasteiger partial charge in [-0.25, -0.2) is 19.2 Å². The fourth-order valence-electron chi connectivity index (χ4n) is 4.29. The molecule has 1 saturated heterocycles. The quantitative estimate of drug-likeness (QED) is 0.471. The lowest BCUT2D eigenvalue weighted by molar-refractivity contribution is 0.101. The number of hydrogen-bond acceptors (Lipinski definition) is 6. The Morgan fingerprint density at radius 1 is 1.13 bits per heavy atom. The molecule has 2 atom stereocenters. The van der Waals surface area contributed by atoms with Crippen LogP contribution in [0.2, 0.25) is 0 Å². The minimum absolute atomic E-state index is 0.0117. The first-order valence-corrected chi connectivity index (χ1v) is 10.2. The average Bonchev–Trinajstić information content (AvgIpc) is 3.42. The topological polar surface area (TPSA) is 92.7 Å². The van der Waals surface area contributed by atoms with Gasteiger partial charge < -0.3 is 14.0 Å².